The van der Waals surface area contributed by atoms with Gasteiger partial charge in [0.1, 0.15) is 5.54 Å². The lowest BCUT2D eigenvalue weighted by molar-refractivity contribution is -0.137. The standard InChI is InChI=1S/C18H32N2O3/c1-7-19(8-2)12-10-15(21)18(17(4,5)6)11-9-14(3)13-20(18)16(22)23/h10,12,14H,7-9,11,13H2,1-6H3,(H,22,23). The molecule has 1 aliphatic rings. The van der Waals surface area contributed by atoms with E-state index in [0.29, 0.717) is 13.0 Å². The molecule has 0 aromatic rings. The minimum absolute atomic E-state index is 0.105. The number of carbonyl (C=O) groups excluding carboxylic acids is 1. The Morgan fingerprint density at radius 1 is 1.30 bits per heavy atom. The highest BCUT2D eigenvalue weighted by Crippen LogP contribution is 2.44. The largest absolute Gasteiger partial charge is 0.465 e. The minimum atomic E-state index is -1.00. The van der Waals surface area contributed by atoms with Crippen molar-refractivity contribution < 1.29 is 14.7 Å². The van der Waals surface area contributed by atoms with Crippen LogP contribution in [0.15, 0.2) is 12.3 Å². The number of carboxylic acid groups (broad SMARTS) is 1. The number of piperidine rings is 1. The second-order valence-electron chi connectivity index (χ2n) is 7.55. The summed E-state index contributed by atoms with van der Waals surface area (Å²) < 4.78 is 0. The lowest BCUT2D eigenvalue weighted by atomic mass is 9.64. The second kappa shape index (κ2) is 7.37. The maximum atomic E-state index is 13.1. The predicted molar refractivity (Wildman–Crippen MR) is 92.4 cm³/mol. The van der Waals surface area contributed by atoms with Crippen molar-refractivity contribution in [3.63, 3.8) is 0 Å². The van der Waals surface area contributed by atoms with E-state index in [4.69, 9.17) is 0 Å². The summed E-state index contributed by atoms with van der Waals surface area (Å²) in [6, 6.07) is 0. The quantitative estimate of drug-likeness (QED) is 0.785. The average molecular weight is 324 g/mol. The molecule has 1 saturated heterocycles. The number of amides is 1. The molecule has 132 valence electrons. The molecule has 2 unspecified atom stereocenters. The van der Waals surface area contributed by atoms with Gasteiger partial charge in [-0.2, -0.15) is 0 Å². The van der Waals surface area contributed by atoms with Gasteiger partial charge < -0.3 is 10.0 Å². The summed E-state index contributed by atoms with van der Waals surface area (Å²) in [7, 11) is 0. The van der Waals surface area contributed by atoms with Crippen LogP contribution in [0.5, 0.6) is 0 Å². The molecule has 1 amide bonds. The zero-order chi connectivity index (χ0) is 17.8. The van der Waals surface area contributed by atoms with Crippen molar-refractivity contribution in [1.82, 2.24) is 9.80 Å². The number of carbonyl (C=O) groups is 2. The molecule has 1 N–H and O–H groups in total. The van der Waals surface area contributed by atoms with Gasteiger partial charge in [0, 0.05) is 25.8 Å². The first kappa shape index (κ1) is 19.5. The highest BCUT2D eigenvalue weighted by molar-refractivity contribution is 6.00. The first-order chi connectivity index (χ1) is 10.6. The van der Waals surface area contributed by atoms with Gasteiger partial charge in [-0.25, -0.2) is 4.79 Å². The van der Waals surface area contributed by atoms with E-state index in [-0.39, 0.29) is 11.7 Å². The Balaban J connectivity index is 3.26. The van der Waals surface area contributed by atoms with Crippen LogP contribution < -0.4 is 0 Å². The predicted octanol–water partition coefficient (Wildman–Crippen LogP) is 3.61. The Hall–Kier alpha value is -1.52. The molecule has 0 bridgehead atoms. The Kier molecular flexibility index (Phi) is 6.25. The summed E-state index contributed by atoms with van der Waals surface area (Å²) in [5.74, 6) is 0.173. The van der Waals surface area contributed by atoms with Crippen molar-refractivity contribution in [1.29, 1.82) is 0 Å². The van der Waals surface area contributed by atoms with Crippen LogP contribution in [0.1, 0.15) is 54.4 Å². The number of ketones is 1. The van der Waals surface area contributed by atoms with Gasteiger partial charge in [0.05, 0.1) is 0 Å². The maximum absolute atomic E-state index is 13.1. The molecule has 5 heteroatoms. The van der Waals surface area contributed by atoms with Gasteiger partial charge in [0.25, 0.3) is 0 Å². The van der Waals surface area contributed by atoms with Crippen LogP contribution in [0.3, 0.4) is 0 Å². The van der Waals surface area contributed by atoms with E-state index in [1.54, 1.807) is 12.3 Å². The van der Waals surface area contributed by atoms with E-state index in [1.165, 1.54) is 4.90 Å². The van der Waals surface area contributed by atoms with Gasteiger partial charge in [-0.05, 0) is 44.1 Å². The smallest absolute Gasteiger partial charge is 0.408 e. The fourth-order valence-electron chi connectivity index (χ4n) is 3.54. The van der Waals surface area contributed by atoms with Gasteiger partial charge in [0.15, 0.2) is 5.78 Å². The minimum Gasteiger partial charge on any atom is -0.465 e. The average Bonchev–Trinajstić information content (AvgIpc) is 2.46. The number of hydrogen-bond acceptors (Lipinski definition) is 3. The SMILES string of the molecule is CCN(C=CC(=O)C1(C(C)(C)C)CCC(C)CN1C(=O)O)CC. The highest BCUT2D eigenvalue weighted by Gasteiger charge is 2.55. The van der Waals surface area contributed by atoms with E-state index in [0.717, 1.165) is 19.5 Å². The third-order valence-corrected chi connectivity index (χ3v) is 5.08. The molecule has 5 nitrogen and oxygen atoms in total. The Morgan fingerprint density at radius 2 is 1.87 bits per heavy atom. The monoisotopic (exact) mass is 324 g/mol. The third-order valence-electron chi connectivity index (χ3n) is 5.08. The van der Waals surface area contributed by atoms with Crippen molar-refractivity contribution in [3.05, 3.63) is 12.3 Å². The molecule has 0 aliphatic carbocycles. The normalized spacial score (nSPS) is 25.7. The molecule has 1 fully saturated rings. The summed E-state index contributed by atoms with van der Waals surface area (Å²) in [6.45, 7) is 14.0. The zero-order valence-corrected chi connectivity index (χ0v) is 15.4. The summed E-state index contributed by atoms with van der Waals surface area (Å²) in [5.41, 5.74) is -1.45. The van der Waals surface area contributed by atoms with Crippen LogP contribution in [0.25, 0.3) is 0 Å². The Morgan fingerprint density at radius 3 is 2.30 bits per heavy atom. The molecule has 2 atom stereocenters. The van der Waals surface area contributed by atoms with E-state index in [9.17, 15) is 14.7 Å². The van der Waals surface area contributed by atoms with Gasteiger partial charge >= 0.3 is 6.09 Å². The lowest BCUT2D eigenvalue weighted by Gasteiger charge is -2.53. The molecule has 23 heavy (non-hydrogen) atoms. The van der Waals surface area contributed by atoms with Gasteiger partial charge in [-0.1, -0.05) is 27.7 Å². The topological polar surface area (TPSA) is 60.9 Å². The van der Waals surface area contributed by atoms with Crippen molar-refractivity contribution in [3.8, 4) is 0 Å². The van der Waals surface area contributed by atoms with Crippen LogP contribution in [0, 0.1) is 11.3 Å². The fraction of sp³-hybridized carbons (Fsp3) is 0.778. The molecule has 0 spiro atoms. The Labute approximate surface area is 140 Å². The molecule has 0 saturated carbocycles. The molecule has 1 heterocycles. The van der Waals surface area contributed by atoms with E-state index < -0.39 is 17.0 Å². The van der Waals surface area contributed by atoms with Crippen molar-refractivity contribution in [2.24, 2.45) is 11.3 Å². The summed E-state index contributed by atoms with van der Waals surface area (Å²) in [6.07, 6.45) is 3.81. The van der Waals surface area contributed by atoms with E-state index in [1.807, 2.05) is 46.4 Å². The van der Waals surface area contributed by atoms with Crippen molar-refractivity contribution in [2.45, 2.75) is 59.9 Å². The van der Waals surface area contributed by atoms with E-state index >= 15 is 0 Å². The van der Waals surface area contributed by atoms with E-state index in [2.05, 4.69) is 0 Å². The number of likely N-dealkylation sites (tertiary alicyclic amines) is 1. The fourth-order valence-corrected chi connectivity index (χ4v) is 3.54. The van der Waals surface area contributed by atoms with Crippen molar-refractivity contribution >= 4 is 11.9 Å². The second-order valence-corrected chi connectivity index (χ2v) is 7.55. The highest BCUT2D eigenvalue weighted by atomic mass is 16.4. The lowest BCUT2D eigenvalue weighted by Crippen LogP contribution is -2.66. The third kappa shape index (κ3) is 3.88. The zero-order valence-electron chi connectivity index (χ0n) is 15.4. The molecule has 0 aromatic carbocycles. The van der Waals surface area contributed by atoms with Crippen LogP contribution in [0.4, 0.5) is 4.79 Å². The molecule has 1 rings (SSSR count). The molecule has 0 aromatic heterocycles. The summed E-state index contributed by atoms with van der Waals surface area (Å²) in [4.78, 5) is 28.4. The molecule has 0 radical (unpaired) electrons. The summed E-state index contributed by atoms with van der Waals surface area (Å²) >= 11 is 0. The van der Waals surface area contributed by atoms with Crippen LogP contribution in [-0.4, -0.2) is 52.0 Å². The molecule has 1 aliphatic heterocycles. The first-order valence-electron chi connectivity index (χ1n) is 8.57. The van der Waals surface area contributed by atoms with Crippen LogP contribution in [-0.2, 0) is 4.79 Å². The maximum Gasteiger partial charge on any atom is 0.408 e. The summed E-state index contributed by atoms with van der Waals surface area (Å²) in [5, 5.41) is 9.71. The van der Waals surface area contributed by atoms with Gasteiger partial charge in [-0.15, -0.1) is 0 Å². The van der Waals surface area contributed by atoms with Gasteiger partial charge in [0.2, 0.25) is 0 Å². The van der Waals surface area contributed by atoms with Crippen LogP contribution in [0.2, 0.25) is 0 Å². The number of nitrogens with zero attached hydrogens (tertiary/aromatic N) is 2. The number of hydrogen-bond donors (Lipinski definition) is 1. The Bertz CT molecular complexity index is 463. The molecular formula is C18H32N2O3. The van der Waals surface area contributed by atoms with Gasteiger partial charge in [-0.3, -0.25) is 9.69 Å². The number of rotatable bonds is 5. The van der Waals surface area contributed by atoms with Crippen LogP contribution >= 0.6 is 0 Å². The first-order valence-corrected chi connectivity index (χ1v) is 8.57. The van der Waals surface area contributed by atoms with Crippen molar-refractivity contribution in [2.75, 3.05) is 19.6 Å². The molecular weight excluding hydrogens is 292 g/mol.